The van der Waals surface area contributed by atoms with E-state index in [0.29, 0.717) is 30.1 Å². The van der Waals surface area contributed by atoms with Crippen LogP contribution in [0.5, 0.6) is 0 Å². The van der Waals surface area contributed by atoms with Gasteiger partial charge in [0.2, 0.25) is 0 Å². The third-order valence-electron chi connectivity index (χ3n) is 6.16. The van der Waals surface area contributed by atoms with Crippen molar-refractivity contribution in [2.45, 2.75) is 45.1 Å². The molecule has 1 aliphatic heterocycles. The van der Waals surface area contributed by atoms with E-state index in [2.05, 4.69) is 10.3 Å². The third-order valence-corrected chi connectivity index (χ3v) is 8.11. The van der Waals surface area contributed by atoms with Crippen LogP contribution in [0.15, 0.2) is 59.6 Å². The molecule has 0 spiro atoms. The van der Waals surface area contributed by atoms with Gasteiger partial charge in [-0.15, -0.1) is 10.8 Å². The van der Waals surface area contributed by atoms with Crippen molar-refractivity contribution in [3.63, 3.8) is 0 Å². The van der Waals surface area contributed by atoms with Gasteiger partial charge in [0.1, 0.15) is 0 Å². The average Bonchev–Trinajstić information content (AvgIpc) is 3.35. The molecule has 0 aliphatic carbocycles. The first-order valence-corrected chi connectivity index (χ1v) is 12.7. The summed E-state index contributed by atoms with van der Waals surface area (Å²) < 4.78 is 24.0. The van der Waals surface area contributed by atoms with Gasteiger partial charge in [-0.2, -0.15) is 0 Å². The first-order chi connectivity index (χ1) is 15.8. The smallest absolute Gasteiger partial charge is 0.251 e. The van der Waals surface area contributed by atoms with E-state index in [1.54, 1.807) is 16.6 Å². The van der Waals surface area contributed by atoms with Crippen LogP contribution < -0.4 is 5.32 Å². The van der Waals surface area contributed by atoms with E-state index in [0.717, 1.165) is 46.4 Å². The van der Waals surface area contributed by atoms with Crippen molar-refractivity contribution in [1.29, 1.82) is 0 Å². The Bertz CT molecular complexity index is 1140. The fourth-order valence-corrected chi connectivity index (χ4v) is 5.70. The number of aryl methyl sites for hydroxylation is 2. The standard InChI is InChI=1S/C26H31N3O3S/c1-18-6-10-22(11-7-18)24-14-23(33(31,32)29-12-4-5-13-29)15-25(20(24)3)26(30)28-17-21-9-8-19(2)27-16-21/h6-11,14-16,31-32H,4-5,12-13,17H2,1-3H3,(H,28,30). The lowest BCUT2D eigenvalue weighted by atomic mass is 9.95. The first-order valence-electron chi connectivity index (χ1n) is 11.2. The number of nitrogens with zero attached hydrogens (tertiary/aromatic N) is 2. The molecule has 1 aromatic heterocycles. The van der Waals surface area contributed by atoms with Crippen LogP contribution in [-0.4, -0.2) is 37.4 Å². The maximum Gasteiger partial charge on any atom is 0.251 e. The van der Waals surface area contributed by atoms with Gasteiger partial charge in [0.15, 0.2) is 0 Å². The lowest BCUT2D eigenvalue weighted by Gasteiger charge is -2.41. The van der Waals surface area contributed by atoms with Crippen LogP contribution in [0, 0.1) is 20.8 Å². The van der Waals surface area contributed by atoms with Gasteiger partial charge in [-0.05, 0) is 74.1 Å². The van der Waals surface area contributed by atoms with E-state index in [1.165, 1.54) is 0 Å². The number of hydrogen-bond acceptors (Lipinski definition) is 5. The maximum atomic E-state index is 13.2. The van der Waals surface area contributed by atoms with Gasteiger partial charge in [-0.3, -0.25) is 18.9 Å². The number of nitrogens with one attached hydrogen (secondary N) is 1. The van der Waals surface area contributed by atoms with E-state index >= 15 is 0 Å². The lowest BCUT2D eigenvalue weighted by molar-refractivity contribution is 0.0950. The predicted molar refractivity (Wildman–Crippen MR) is 133 cm³/mol. The molecule has 1 aliphatic rings. The molecule has 3 aromatic rings. The molecule has 0 unspecified atom stereocenters. The summed E-state index contributed by atoms with van der Waals surface area (Å²) in [4.78, 5) is 17.9. The third kappa shape index (κ3) is 5.12. The monoisotopic (exact) mass is 465 g/mol. The van der Waals surface area contributed by atoms with Crippen molar-refractivity contribution in [3.05, 3.63) is 82.7 Å². The van der Waals surface area contributed by atoms with Gasteiger partial charge < -0.3 is 5.32 Å². The molecule has 7 heteroatoms. The Hall–Kier alpha value is -2.71. The molecular weight excluding hydrogens is 434 g/mol. The van der Waals surface area contributed by atoms with Gasteiger partial charge in [0.05, 0.1) is 4.90 Å². The number of pyridine rings is 1. The van der Waals surface area contributed by atoms with E-state index in [9.17, 15) is 13.9 Å². The average molecular weight is 466 g/mol. The second-order valence-electron chi connectivity index (χ2n) is 8.65. The number of aromatic nitrogens is 1. The number of amides is 1. The zero-order chi connectivity index (χ0) is 23.6. The minimum absolute atomic E-state index is 0.250. The van der Waals surface area contributed by atoms with E-state index < -0.39 is 10.8 Å². The highest BCUT2D eigenvalue weighted by Crippen LogP contribution is 2.54. The van der Waals surface area contributed by atoms with Crippen LogP contribution in [0.1, 0.15) is 45.6 Å². The zero-order valence-electron chi connectivity index (χ0n) is 19.3. The van der Waals surface area contributed by atoms with Crippen LogP contribution in [0.3, 0.4) is 0 Å². The molecule has 1 amide bonds. The summed E-state index contributed by atoms with van der Waals surface area (Å²) in [6.45, 7) is 7.47. The molecule has 1 saturated heterocycles. The van der Waals surface area contributed by atoms with Crippen LogP contribution in [0.4, 0.5) is 0 Å². The van der Waals surface area contributed by atoms with Crippen molar-refractivity contribution in [3.8, 4) is 11.1 Å². The summed E-state index contributed by atoms with van der Waals surface area (Å²) in [5.74, 6) is -0.250. The summed E-state index contributed by atoms with van der Waals surface area (Å²) in [5.41, 5.74) is 5.98. The fraction of sp³-hybridized carbons (Fsp3) is 0.308. The summed E-state index contributed by atoms with van der Waals surface area (Å²) in [5, 5.41) is 2.96. The van der Waals surface area contributed by atoms with Crippen LogP contribution in [0.2, 0.25) is 0 Å². The number of benzene rings is 2. The normalized spacial score (nSPS) is 14.9. The second kappa shape index (κ2) is 9.65. The Morgan fingerprint density at radius 2 is 1.73 bits per heavy atom. The highest BCUT2D eigenvalue weighted by Gasteiger charge is 2.30. The van der Waals surface area contributed by atoms with Crippen molar-refractivity contribution < 1.29 is 13.9 Å². The SMILES string of the molecule is Cc1ccc(-c2cc(S(O)(O)N3CCCC3)cc(C(=O)NCc3ccc(C)nc3)c2C)cc1. The molecule has 2 aromatic carbocycles. The van der Waals surface area contributed by atoms with E-state index in [4.69, 9.17) is 0 Å². The molecule has 0 atom stereocenters. The fourth-order valence-electron chi connectivity index (χ4n) is 4.09. The molecule has 0 radical (unpaired) electrons. The van der Waals surface area contributed by atoms with Gasteiger partial charge in [0.25, 0.3) is 5.91 Å². The molecule has 0 bridgehead atoms. The summed E-state index contributed by atoms with van der Waals surface area (Å²) in [7, 11) is -3.18. The Kier molecular flexibility index (Phi) is 6.86. The summed E-state index contributed by atoms with van der Waals surface area (Å²) in [6, 6.07) is 15.4. The number of carbonyl (C=O) groups is 1. The van der Waals surface area contributed by atoms with Gasteiger partial charge in [-0.1, -0.05) is 35.9 Å². The largest absolute Gasteiger partial charge is 0.348 e. The molecule has 4 rings (SSSR count). The second-order valence-corrected chi connectivity index (χ2v) is 10.7. The summed E-state index contributed by atoms with van der Waals surface area (Å²) in [6.07, 6.45) is 3.62. The number of rotatable bonds is 6. The first kappa shape index (κ1) is 23.4. The lowest BCUT2D eigenvalue weighted by Crippen LogP contribution is -2.26. The molecular formula is C26H31N3O3S. The minimum Gasteiger partial charge on any atom is -0.348 e. The van der Waals surface area contributed by atoms with Gasteiger partial charge in [0, 0.05) is 37.1 Å². The minimum atomic E-state index is -3.18. The predicted octanol–water partition coefficient (Wildman–Crippen LogP) is 5.72. The topological polar surface area (TPSA) is 85.7 Å². The molecule has 1 fully saturated rings. The highest BCUT2D eigenvalue weighted by molar-refractivity contribution is 8.22. The molecule has 6 nitrogen and oxygen atoms in total. The quantitative estimate of drug-likeness (QED) is 0.433. The Labute approximate surface area is 197 Å². The highest BCUT2D eigenvalue weighted by atomic mass is 32.3. The van der Waals surface area contributed by atoms with Crippen LogP contribution in [0.25, 0.3) is 11.1 Å². The van der Waals surface area contributed by atoms with Gasteiger partial charge in [-0.25, -0.2) is 4.31 Å². The number of carbonyl (C=O) groups excluding carboxylic acids is 1. The molecule has 33 heavy (non-hydrogen) atoms. The molecule has 174 valence electrons. The number of hydrogen-bond donors (Lipinski definition) is 3. The van der Waals surface area contributed by atoms with Crippen molar-refractivity contribution >= 4 is 16.7 Å². The zero-order valence-corrected chi connectivity index (χ0v) is 20.2. The van der Waals surface area contributed by atoms with Crippen LogP contribution >= 0.6 is 10.8 Å². The summed E-state index contributed by atoms with van der Waals surface area (Å²) >= 11 is 0. The van der Waals surface area contributed by atoms with Crippen molar-refractivity contribution in [1.82, 2.24) is 14.6 Å². The maximum absolute atomic E-state index is 13.2. The van der Waals surface area contributed by atoms with Crippen molar-refractivity contribution in [2.75, 3.05) is 13.1 Å². The Balaban J connectivity index is 1.72. The molecule has 0 saturated carbocycles. The van der Waals surface area contributed by atoms with Gasteiger partial charge >= 0.3 is 0 Å². The molecule has 2 heterocycles. The Morgan fingerprint density at radius 3 is 2.36 bits per heavy atom. The van der Waals surface area contributed by atoms with Crippen molar-refractivity contribution in [2.24, 2.45) is 0 Å². The Morgan fingerprint density at radius 1 is 1.03 bits per heavy atom. The van der Waals surface area contributed by atoms with E-state index in [1.807, 2.05) is 63.2 Å². The van der Waals surface area contributed by atoms with Crippen LogP contribution in [-0.2, 0) is 6.54 Å². The molecule has 3 N–H and O–H groups in total. The van der Waals surface area contributed by atoms with E-state index in [-0.39, 0.29) is 5.91 Å².